The predicted molar refractivity (Wildman–Crippen MR) is 54.5 cm³/mol. The number of nitrogens with two attached hydrogens (primary N) is 2. The zero-order valence-corrected chi connectivity index (χ0v) is 8.82. The monoisotopic (exact) mass is 236 g/mol. The van der Waals surface area contributed by atoms with Crippen molar-refractivity contribution in [3.63, 3.8) is 0 Å². The van der Waals surface area contributed by atoms with Gasteiger partial charge in [0.15, 0.2) is 0 Å². The lowest BCUT2D eigenvalue weighted by Gasteiger charge is -2.25. The number of benzene rings is 1. The fraction of sp³-hybridized carbons (Fsp3) is 0.400. The van der Waals surface area contributed by atoms with E-state index in [9.17, 15) is 17.6 Å². The van der Waals surface area contributed by atoms with Crippen LogP contribution < -0.4 is 11.5 Å². The molecule has 0 bridgehead atoms. The summed E-state index contributed by atoms with van der Waals surface area (Å²) in [4.78, 5) is 0. The largest absolute Gasteiger partial charge is 0.426 e. The summed E-state index contributed by atoms with van der Waals surface area (Å²) in [7, 11) is 0. The van der Waals surface area contributed by atoms with Gasteiger partial charge in [-0.1, -0.05) is 0 Å². The summed E-state index contributed by atoms with van der Waals surface area (Å²) in [6.45, 7) is 1.99. The summed E-state index contributed by atoms with van der Waals surface area (Å²) in [6, 6.07) is 1.92. The van der Waals surface area contributed by atoms with Gasteiger partial charge < -0.3 is 11.5 Å². The minimum absolute atomic E-state index is 0.0446. The summed E-state index contributed by atoms with van der Waals surface area (Å²) in [5.41, 5.74) is 7.39. The van der Waals surface area contributed by atoms with E-state index in [1.165, 1.54) is 0 Å². The molecule has 0 saturated carbocycles. The molecule has 0 saturated heterocycles. The van der Waals surface area contributed by atoms with Crippen LogP contribution in [0.1, 0.15) is 18.1 Å². The molecule has 1 unspecified atom stereocenters. The van der Waals surface area contributed by atoms with E-state index in [2.05, 4.69) is 0 Å². The molecule has 1 aromatic rings. The van der Waals surface area contributed by atoms with Crippen LogP contribution >= 0.6 is 0 Å². The molecule has 0 aliphatic heterocycles. The number of hydrogen-bond donors (Lipinski definition) is 2. The van der Waals surface area contributed by atoms with Gasteiger partial charge >= 0.3 is 6.18 Å². The quantitative estimate of drug-likeness (QED) is 0.581. The van der Waals surface area contributed by atoms with E-state index in [0.717, 1.165) is 12.1 Å². The minimum Gasteiger partial charge on any atom is -0.398 e. The standard InChI is InChI=1S/C10H12F4N2/c1-5-7(15)3-6(4-8(5)16)9(2,11)10(12,13)14/h3-4H,15-16H2,1-2H3. The average Bonchev–Trinajstić information content (AvgIpc) is 2.11. The summed E-state index contributed by atoms with van der Waals surface area (Å²) < 4.78 is 50.9. The van der Waals surface area contributed by atoms with Crippen LogP contribution in [0.5, 0.6) is 0 Å². The summed E-state index contributed by atoms with van der Waals surface area (Å²) in [6.07, 6.45) is -5.00. The fourth-order valence-corrected chi connectivity index (χ4v) is 1.19. The van der Waals surface area contributed by atoms with E-state index in [1.54, 1.807) is 6.92 Å². The third kappa shape index (κ3) is 1.91. The highest BCUT2D eigenvalue weighted by molar-refractivity contribution is 5.63. The Kier molecular flexibility index (Phi) is 2.79. The molecule has 0 aromatic heterocycles. The third-order valence-electron chi connectivity index (χ3n) is 2.56. The maximum absolute atomic E-state index is 13.6. The van der Waals surface area contributed by atoms with Crippen LogP contribution in [0.15, 0.2) is 12.1 Å². The Morgan fingerprint density at radius 3 is 1.69 bits per heavy atom. The van der Waals surface area contributed by atoms with Crippen LogP contribution in [0.2, 0.25) is 0 Å². The zero-order chi connectivity index (χ0) is 12.7. The van der Waals surface area contributed by atoms with Crippen molar-refractivity contribution in [3.8, 4) is 0 Å². The van der Waals surface area contributed by atoms with Gasteiger partial charge in [0, 0.05) is 16.9 Å². The SMILES string of the molecule is Cc1c(N)cc(C(C)(F)C(F)(F)F)cc1N. The number of rotatable bonds is 1. The van der Waals surface area contributed by atoms with Crippen molar-refractivity contribution in [1.82, 2.24) is 0 Å². The minimum atomic E-state index is -5.00. The molecule has 0 heterocycles. The van der Waals surface area contributed by atoms with Crippen molar-refractivity contribution in [3.05, 3.63) is 23.3 Å². The van der Waals surface area contributed by atoms with Gasteiger partial charge in [0.2, 0.25) is 5.67 Å². The topological polar surface area (TPSA) is 52.0 Å². The van der Waals surface area contributed by atoms with Crippen LogP contribution in [0.25, 0.3) is 0 Å². The van der Waals surface area contributed by atoms with E-state index >= 15 is 0 Å². The second-order valence-electron chi connectivity index (χ2n) is 3.78. The first-order valence-electron chi connectivity index (χ1n) is 4.49. The maximum Gasteiger partial charge on any atom is 0.426 e. The molecule has 0 aliphatic rings. The van der Waals surface area contributed by atoms with Crippen molar-refractivity contribution in [1.29, 1.82) is 0 Å². The summed E-state index contributed by atoms with van der Waals surface area (Å²) in [5, 5.41) is 0. The van der Waals surface area contributed by atoms with Gasteiger partial charge in [-0.25, -0.2) is 4.39 Å². The Hall–Kier alpha value is -1.46. The first kappa shape index (κ1) is 12.6. The van der Waals surface area contributed by atoms with Crippen molar-refractivity contribution < 1.29 is 17.6 Å². The summed E-state index contributed by atoms with van der Waals surface area (Å²) in [5.74, 6) is 0. The van der Waals surface area contributed by atoms with E-state index in [0.29, 0.717) is 12.5 Å². The van der Waals surface area contributed by atoms with Crippen LogP contribution in [-0.2, 0) is 5.67 Å². The van der Waals surface area contributed by atoms with Crippen LogP contribution in [0.3, 0.4) is 0 Å². The fourth-order valence-electron chi connectivity index (χ4n) is 1.19. The molecule has 1 atom stereocenters. The normalized spacial score (nSPS) is 15.9. The molecule has 0 aliphatic carbocycles. The Morgan fingerprint density at radius 2 is 1.38 bits per heavy atom. The first-order valence-corrected chi connectivity index (χ1v) is 4.49. The molecule has 4 N–H and O–H groups in total. The lowest BCUT2D eigenvalue weighted by Crippen LogP contribution is -2.35. The van der Waals surface area contributed by atoms with Gasteiger partial charge in [-0.3, -0.25) is 0 Å². The number of hydrogen-bond acceptors (Lipinski definition) is 2. The van der Waals surface area contributed by atoms with Crippen molar-refractivity contribution >= 4 is 11.4 Å². The van der Waals surface area contributed by atoms with Crippen molar-refractivity contribution in [2.24, 2.45) is 0 Å². The Labute approximate surface area is 90.2 Å². The molecule has 6 heteroatoms. The smallest absolute Gasteiger partial charge is 0.398 e. The van der Waals surface area contributed by atoms with E-state index < -0.39 is 17.4 Å². The third-order valence-corrected chi connectivity index (χ3v) is 2.56. The van der Waals surface area contributed by atoms with Crippen LogP contribution in [0, 0.1) is 6.92 Å². The molecule has 2 nitrogen and oxygen atoms in total. The van der Waals surface area contributed by atoms with Crippen LogP contribution in [-0.4, -0.2) is 6.18 Å². The molecule has 1 rings (SSSR count). The van der Waals surface area contributed by atoms with Gasteiger partial charge in [0.1, 0.15) is 0 Å². The van der Waals surface area contributed by atoms with Crippen molar-refractivity contribution in [2.75, 3.05) is 11.5 Å². The molecule has 0 spiro atoms. The van der Waals surface area contributed by atoms with E-state index in [4.69, 9.17) is 11.5 Å². The second kappa shape index (κ2) is 3.54. The van der Waals surface area contributed by atoms with E-state index in [1.807, 2.05) is 0 Å². The molecule has 0 amide bonds. The Bertz CT molecular complexity index is 387. The lowest BCUT2D eigenvalue weighted by molar-refractivity contribution is -0.228. The molecular formula is C10H12F4N2. The molecular weight excluding hydrogens is 224 g/mol. The van der Waals surface area contributed by atoms with Gasteiger partial charge in [-0.15, -0.1) is 0 Å². The van der Waals surface area contributed by atoms with Gasteiger partial charge in [0.05, 0.1) is 0 Å². The number of halogens is 4. The van der Waals surface area contributed by atoms with Crippen LogP contribution in [0.4, 0.5) is 28.9 Å². The highest BCUT2D eigenvalue weighted by atomic mass is 19.4. The van der Waals surface area contributed by atoms with Gasteiger partial charge in [-0.2, -0.15) is 13.2 Å². The number of nitrogen functional groups attached to an aromatic ring is 2. The lowest BCUT2D eigenvalue weighted by atomic mass is 9.94. The van der Waals surface area contributed by atoms with Gasteiger partial charge in [0.25, 0.3) is 0 Å². The average molecular weight is 236 g/mol. The maximum atomic E-state index is 13.6. The Morgan fingerprint density at radius 1 is 1.00 bits per heavy atom. The molecule has 0 radical (unpaired) electrons. The highest BCUT2D eigenvalue weighted by Gasteiger charge is 2.53. The zero-order valence-electron chi connectivity index (χ0n) is 8.82. The Balaban J connectivity index is 3.35. The molecule has 0 fully saturated rings. The highest BCUT2D eigenvalue weighted by Crippen LogP contribution is 2.43. The molecule has 16 heavy (non-hydrogen) atoms. The number of alkyl halides is 4. The molecule has 1 aromatic carbocycles. The molecule has 90 valence electrons. The van der Waals surface area contributed by atoms with E-state index in [-0.39, 0.29) is 11.4 Å². The predicted octanol–water partition coefficient (Wildman–Crippen LogP) is 2.91. The van der Waals surface area contributed by atoms with Crippen molar-refractivity contribution in [2.45, 2.75) is 25.7 Å². The number of anilines is 2. The first-order chi connectivity index (χ1) is 7.07. The second-order valence-corrected chi connectivity index (χ2v) is 3.78. The van der Waals surface area contributed by atoms with Gasteiger partial charge in [-0.05, 0) is 31.5 Å². The summed E-state index contributed by atoms with van der Waals surface area (Å²) >= 11 is 0.